The molecule has 0 heterocycles. The number of methoxy groups -OCH3 is 1. The molecule has 0 saturated heterocycles. The summed E-state index contributed by atoms with van der Waals surface area (Å²) in [6, 6.07) is 20.2. The number of nitrogens with one attached hydrogen (secondary N) is 1. The lowest BCUT2D eigenvalue weighted by Gasteiger charge is -2.35. The van der Waals surface area contributed by atoms with Gasteiger partial charge < -0.3 is 15.0 Å². The highest BCUT2D eigenvalue weighted by Gasteiger charge is 2.34. The van der Waals surface area contributed by atoms with Crippen LogP contribution in [0.1, 0.15) is 70.6 Å². The third-order valence-electron chi connectivity index (χ3n) is 7.11. The molecule has 0 spiro atoms. The van der Waals surface area contributed by atoms with E-state index in [4.69, 9.17) is 4.74 Å². The van der Waals surface area contributed by atoms with Gasteiger partial charge in [-0.15, -0.1) is 0 Å². The highest BCUT2D eigenvalue weighted by atomic mass is 32.2. The van der Waals surface area contributed by atoms with Gasteiger partial charge in [0.2, 0.25) is 11.8 Å². The van der Waals surface area contributed by atoms with Crippen molar-refractivity contribution in [3.05, 3.63) is 89.5 Å². The normalized spacial score (nSPS) is 12.5. The lowest BCUT2D eigenvalue weighted by atomic mass is 10.0. The van der Waals surface area contributed by atoms with Gasteiger partial charge in [-0.2, -0.15) is 0 Å². The Morgan fingerprint density at radius 3 is 2.12 bits per heavy atom. The first-order chi connectivity index (χ1) is 20.2. The van der Waals surface area contributed by atoms with Crippen molar-refractivity contribution in [1.29, 1.82) is 0 Å². The van der Waals surface area contributed by atoms with Crippen molar-refractivity contribution in [2.75, 3.05) is 18.0 Å². The lowest BCUT2D eigenvalue weighted by molar-refractivity contribution is -0.141. The minimum atomic E-state index is -4.13. The zero-order chi connectivity index (χ0) is 31.9. The molecule has 43 heavy (non-hydrogen) atoms. The second-order valence-electron chi connectivity index (χ2n) is 12.1. The topological polar surface area (TPSA) is 96.0 Å². The molecule has 0 saturated carbocycles. The van der Waals surface area contributed by atoms with Crippen LogP contribution in [0.25, 0.3) is 0 Å². The molecule has 0 fully saturated rings. The molecule has 0 aromatic heterocycles. The largest absolute Gasteiger partial charge is 0.497 e. The van der Waals surface area contributed by atoms with Gasteiger partial charge in [0.05, 0.1) is 17.7 Å². The zero-order valence-corrected chi connectivity index (χ0v) is 27.4. The van der Waals surface area contributed by atoms with E-state index in [1.54, 1.807) is 55.6 Å². The van der Waals surface area contributed by atoms with Crippen molar-refractivity contribution < 1.29 is 22.7 Å². The SMILES string of the molecule is CCC(C(=O)NC(C)(C)C)N(Cc1cccc(OC)c1)C(=O)CN(c1ccc(C(C)C)cc1)S(=O)(=O)c1ccc(C)cc1. The molecule has 0 aliphatic carbocycles. The zero-order valence-electron chi connectivity index (χ0n) is 26.5. The number of amides is 2. The van der Waals surface area contributed by atoms with Crippen LogP contribution in [0.3, 0.4) is 0 Å². The fourth-order valence-corrected chi connectivity index (χ4v) is 6.15. The van der Waals surface area contributed by atoms with Crippen molar-refractivity contribution in [1.82, 2.24) is 10.2 Å². The maximum atomic E-state index is 14.3. The van der Waals surface area contributed by atoms with E-state index in [1.807, 2.05) is 58.9 Å². The van der Waals surface area contributed by atoms with Crippen molar-refractivity contribution in [2.45, 2.75) is 83.8 Å². The molecule has 1 unspecified atom stereocenters. The standard InChI is InChI=1S/C34H45N3O5S/c1-9-31(33(39)35-34(5,6)7)36(22-26-11-10-12-29(21-26)42-8)32(38)23-37(28-17-15-27(16-18-28)24(2)3)43(40,41)30-19-13-25(4)14-20-30/h10-21,24,31H,9,22-23H2,1-8H3,(H,35,39). The summed E-state index contributed by atoms with van der Waals surface area (Å²) >= 11 is 0. The highest BCUT2D eigenvalue weighted by molar-refractivity contribution is 7.92. The molecule has 3 rings (SSSR count). The summed E-state index contributed by atoms with van der Waals surface area (Å²) in [7, 11) is -2.57. The minimum absolute atomic E-state index is 0.0794. The van der Waals surface area contributed by atoms with E-state index >= 15 is 0 Å². The number of hydrogen-bond acceptors (Lipinski definition) is 5. The van der Waals surface area contributed by atoms with E-state index in [2.05, 4.69) is 19.2 Å². The van der Waals surface area contributed by atoms with Crippen LogP contribution in [0.5, 0.6) is 5.75 Å². The van der Waals surface area contributed by atoms with Gasteiger partial charge in [-0.1, -0.05) is 62.7 Å². The fraction of sp³-hybridized carbons (Fsp3) is 0.412. The predicted octanol–water partition coefficient (Wildman–Crippen LogP) is 6.04. The monoisotopic (exact) mass is 607 g/mol. The molecule has 2 amide bonds. The van der Waals surface area contributed by atoms with Gasteiger partial charge >= 0.3 is 0 Å². The van der Waals surface area contributed by atoms with E-state index in [9.17, 15) is 18.0 Å². The van der Waals surface area contributed by atoms with Crippen LogP contribution in [0.2, 0.25) is 0 Å². The molecule has 0 radical (unpaired) electrons. The van der Waals surface area contributed by atoms with Crippen molar-refractivity contribution in [2.24, 2.45) is 0 Å². The van der Waals surface area contributed by atoms with Gasteiger partial charge in [0.1, 0.15) is 18.3 Å². The van der Waals surface area contributed by atoms with Crippen molar-refractivity contribution in [3.8, 4) is 5.75 Å². The molecule has 9 heteroatoms. The molecular formula is C34H45N3O5S. The Hall–Kier alpha value is -3.85. The average Bonchev–Trinajstić information content (AvgIpc) is 2.95. The average molecular weight is 608 g/mol. The van der Waals surface area contributed by atoms with Crippen molar-refractivity contribution in [3.63, 3.8) is 0 Å². The summed E-state index contributed by atoms with van der Waals surface area (Å²) in [5, 5.41) is 2.99. The Labute approximate surface area is 257 Å². The maximum absolute atomic E-state index is 14.3. The van der Waals surface area contributed by atoms with E-state index < -0.39 is 34.1 Å². The minimum Gasteiger partial charge on any atom is -0.497 e. The molecule has 3 aromatic carbocycles. The number of hydrogen-bond donors (Lipinski definition) is 1. The number of rotatable bonds is 12. The van der Waals surface area contributed by atoms with Gasteiger partial charge in [0.15, 0.2) is 0 Å². The second-order valence-corrected chi connectivity index (χ2v) is 14.0. The van der Waals surface area contributed by atoms with Crippen LogP contribution in [0, 0.1) is 6.92 Å². The fourth-order valence-electron chi connectivity index (χ4n) is 4.73. The number of aryl methyl sites for hydroxylation is 1. The Kier molecular flexibility index (Phi) is 11.0. The number of carbonyl (C=O) groups excluding carboxylic acids is 2. The van der Waals surface area contributed by atoms with Gasteiger partial charge in [-0.05, 0) is 87.6 Å². The molecule has 232 valence electrons. The first-order valence-electron chi connectivity index (χ1n) is 14.6. The lowest BCUT2D eigenvalue weighted by Crippen LogP contribution is -2.55. The molecule has 1 atom stereocenters. The van der Waals surface area contributed by atoms with Crippen LogP contribution < -0.4 is 14.4 Å². The molecule has 0 aliphatic rings. The highest BCUT2D eigenvalue weighted by Crippen LogP contribution is 2.27. The summed E-state index contributed by atoms with van der Waals surface area (Å²) in [4.78, 5) is 29.3. The van der Waals surface area contributed by atoms with Gasteiger partial charge in [-0.3, -0.25) is 13.9 Å². The predicted molar refractivity (Wildman–Crippen MR) is 172 cm³/mol. The number of carbonyl (C=O) groups is 2. The summed E-state index contributed by atoms with van der Waals surface area (Å²) < 4.78 is 34.7. The first-order valence-corrected chi connectivity index (χ1v) is 16.0. The van der Waals surface area contributed by atoms with Crippen LogP contribution in [0.15, 0.2) is 77.7 Å². The number of anilines is 1. The number of ether oxygens (including phenoxy) is 1. The number of benzene rings is 3. The van der Waals surface area contributed by atoms with E-state index in [1.165, 1.54) is 4.90 Å². The summed E-state index contributed by atoms with van der Waals surface area (Å²) in [6.07, 6.45) is 0.339. The third-order valence-corrected chi connectivity index (χ3v) is 8.89. The van der Waals surface area contributed by atoms with Crippen LogP contribution >= 0.6 is 0 Å². The molecule has 3 aromatic rings. The number of nitrogens with zero attached hydrogens (tertiary/aromatic N) is 2. The molecule has 1 N–H and O–H groups in total. The van der Waals surface area contributed by atoms with Crippen LogP contribution in [0.4, 0.5) is 5.69 Å². The molecule has 0 aliphatic heterocycles. The Morgan fingerprint density at radius 2 is 1.58 bits per heavy atom. The number of sulfonamides is 1. The third kappa shape index (κ3) is 8.83. The van der Waals surface area contributed by atoms with Gasteiger partial charge in [0.25, 0.3) is 10.0 Å². The van der Waals surface area contributed by atoms with E-state index in [-0.39, 0.29) is 23.3 Å². The first kappa shape index (κ1) is 33.6. The summed E-state index contributed by atoms with van der Waals surface area (Å²) in [6.45, 7) is 13.1. The Morgan fingerprint density at radius 1 is 0.953 bits per heavy atom. The van der Waals surface area contributed by atoms with Crippen molar-refractivity contribution >= 4 is 27.5 Å². The smallest absolute Gasteiger partial charge is 0.264 e. The Bertz CT molecular complexity index is 1490. The maximum Gasteiger partial charge on any atom is 0.264 e. The Balaban J connectivity index is 2.10. The molecule has 8 nitrogen and oxygen atoms in total. The molecular weight excluding hydrogens is 562 g/mol. The van der Waals surface area contributed by atoms with Crippen LogP contribution in [-0.4, -0.2) is 50.4 Å². The van der Waals surface area contributed by atoms with E-state index in [0.29, 0.717) is 17.9 Å². The quantitative estimate of drug-likeness (QED) is 0.271. The second kappa shape index (κ2) is 14.1. The van der Waals surface area contributed by atoms with Gasteiger partial charge in [0, 0.05) is 12.1 Å². The van der Waals surface area contributed by atoms with Gasteiger partial charge in [-0.25, -0.2) is 8.42 Å². The summed E-state index contributed by atoms with van der Waals surface area (Å²) in [5.74, 6) is 0.0663. The molecule has 0 bridgehead atoms. The van der Waals surface area contributed by atoms with Crippen LogP contribution in [-0.2, 0) is 26.2 Å². The summed E-state index contributed by atoms with van der Waals surface area (Å²) in [5.41, 5.74) is 2.57. The van der Waals surface area contributed by atoms with E-state index in [0.717, 1.165) is 21.0 Å².